The first-order valence-corrected chi connectivity index (χ1v) is 7.05. The van der Waals surface area contributed by atoms with E-state index in [4.69, 9.17) is 0 Å². The van der Waals surface area contributed by atoms with Crippen molar-refractivity contribution in [2.75, 3.05) is 12.4 Å². The molecule has 0 aliphatic carbocycles. The van der Waals surface area contributed by atoms with Crippen LogP contribution in [0.25, 0.3) is 10.8 Å². The first-order valence-electron chi connectivity index (χ1n) is 7.05. The lowest BCUT2D eigenvalue weighted by atomic mass is 9.98. The molecule has 0 unspecified atom stereocenters. The SMILES string of the molecule is CCCCCCc1ccc(NC)c2ccccc12. The normalized spacial score (nSPS) is 10.8. The first kappa shape index (κ1) is 12.9. The van der Waals surface area contributed by atoms with Gasteiger partial charge in [0.05, 0.1) is 0 Å². The minimum absolute atomic E-state index is 1.20. The fourth-order valence-electron chi connectivity index (χ4n) is 2.54. The number of hydrogen-bond acceptors (Lipinski definition) is 1. The maximum absolute atomic E-state index is 3.27. The zero-order valence-electron chi connectivity index (χ0n) is 11.5. The molecule has 1 N–H and O–H groups in total. The van der Waals surface area contributed by atoms with Gasteiger partial charge in [-0.1, -0.05) is 56.5 Å². The molecule has 2 rings (SSSR count). The highest BCUT2D eigenvalue weighted by Gasteiger charge is 2.04. The Morgan fingerprint density at radius 3 is 2.39 bits per heavy atom. The zero-order chi connectivity index (χ0) is 12.8. The minimum Gasteiger partial charge on any atom is -0.388 e. The summed E-state index contributed by atoms with van der Waals surface area (Å²) < 4.78 is 0. The Bertz CT molecular complexity index is 502. The molecular weight excluding hydrogens is 218 g/mol. The summed E-state index contributed by atoms with van der Waals surface area (Å²) in [6.07, 6.45) is 6.51. The Labute approximate surface area is 110 Å². The van der Waals surface area contributed by atoms with Crippen LogP contribution >= 0.6 is 0 Å². The van der Waals surface area contributed by atoms with E-state index in [-0.39, 0.29) is 0 Å². The third-order valence-corrected chi connectivity index (χ3v) is 3.58. The van der Waals surface area contributed by atoms with Crippen molar-refractivity contribution in [2.45, 2.75) is 39.0 Å². The van der Waals surface area contributed by atoms with Crippen molar-refractivity contribution in [3.8, 4) is 0 Å². The van der Waals surface area contributed by atoms with E-state index in [1.54, 1.807) is 0 Å². The number of unbranched alkanes of at least 4 members (excludes halogenated alkanes) is 3. The van der Waals surface area contributed by atoms with Crippen LogP contribution in [0.3, 0.4) is 0 Å². The van der Waals surface area contributed by atoms with Crippen molar-refractivity contribution in [1.82, 2.24) is 0 Å². The Morgan fingerprint density at radius 1 is 0.889 bits per heavy atom. The van der Waals surface area contributed by atoms with Crippen LogP contribution in [0.2, 0.25) is 0 Å². The number of fused-ring (bicyclic) bond motifs is 1. The van der Waals surface area contributed by atoms with Gasteiger partial charge in [-0.25, -0.2) is 0 Å². The van der Waals surface area contributed by atoms with E-state index in [9.17, 15) is 0 Å². The molecule has 0 atom stereocenters. The number of rotatable bonds is 6. The predicted molar refractivity (Wildman–Crippen MR) is 81.3 cm³/mol. The van der Waals surface area contributed by atoms with Gasteiger partial charge < -0.3 is 5.32 Å². The van der Waals surface area contributed by atoms with Gasteiger partial charge in [-0.2, -0.15) is 0 Å². The molecule has 0 heterocycles. The van der Waals surface area contributed by atoms with Gasteiger partial charge in [0.25, 0.3) is 0 Å². The lowest BCUT2D eigenvalue weighted by Gasteiger charge is -2.11. The molecule has 2 aromatic carbocycles. The van der Waals surface area contributed by atoms with Crippen molar-refractivity contribution < 1.29 is 0 Å². The maximum atomic E-state index is 3.27. The summed E-state index contributed by atoms with van der Waals surface area (Å²) in [6.45, 7) is 2.26. The Hall–Kier alpha value is -1.50. The van der Waals surface area contributed by atoms with Gasteiger partial charge in [0.1, 0.15) is 0 Å². The van der Waals surface area contributed by atoms with Crippen LogP contribution < -0.4 is 5.32 Å². The molecule has 0 aliphatic rings. The second-order valence-electron chi connectivity index (χ2n) is 4.88. The van der Waals surface area contributed by atoms with Crippen LogP contribution in [-0.4, -0.2) is 7.05 Å². The number of hydrogen-bond donors (Lipinski definition) is 1. The zero-order valence-corrected chi connectivity index (χ0v) is 11.5. The summed E-state index contributed by atoms with van der Waals surface area (Å²) in [5.74, 6) is 0. The smallest absolute Gasteiger partial charge is 0.0417 e. The van der Waals surface area contributed by atoms with Crippen molar-refractivity contribution in [3.05, 3.63) is 42.0 Å². The molecule has 0 bridgehead atoms. The van der Waals surface area contributed by atoms with Gasteiger partial charge in [-0.05, 0) is 29.9 Å². The van der Waals surface area contributed by atoms with E-state index >= 15 is 0 Å². The Morgan fingerprint density at radius 2 is 1.67 bits per heavy atom. The average molecular weight is 241 g/mol. The van der Waals surface area contributed by atoms with E-state index in [1.165, 1.54) is 54.1 Å². The topological polar surface area (TPSA) is 12.0 Å². The predicted octanol–water partition coefficient (Wildman–Crippen LogP) is 5.00. The molecule has 0 saturated heterocycles. The number of aryl methyl sites for hydroxylation is 1. The highest BCUT2D eigenvalue weighted by molar-refractivity contribution is 5.96. The molecule has 96 valence electrons. The molecule has 0 amide bonds. The van der Waals surface area contributed by atoms with Gasteiger partial charge in [0.2, 0.25) is 0 Å². The van der Waals surface area contributed by atoms with Gasteiger partial charge in [-0.15, -0.1) is 0 Å². The molecule has 1 heteroatoms. The van der Waals surface area contributed by atoms with Gasteiger partial charge in [0.15, 0.2) is 0 Å². The van der Waals surface area contributed by atoms with Gasteiger partial charge >= 0.3 is 0 Å². The van der Waals surface area contributed by atoms with Crippen molar-refractivity contribution >= 4 is 16.5 Å². The Balaban J connectivity index is 2.23. The number of anilines is 1. The standard InChI is InChI=1S/C17H23N/c1-3-4-5-6-9-14-12-13-17(18-2)16-11-8-7-10-15(14)16/h7-8,10-13,18H,3-6,9H2,1-2H3. The van der Waals surface area contributed by atoms with Crippen LogP contribution in [-0.2, 0) is 6.42 Å². The van der Waals surface area contributed by atoms with Crippen LogP contribution in [0.15, 0.2) is 36.4 Å². The summed E-state index contributed by atoms with van der Waals surface area (Å²) in [4.78, 5) is 0. The first-order chi connectivity index (χ1) is 8.86. The molecule has 0 fully saturated rings. The third-order valence-electron chi connectivity index (χ3n) is 3.58. The molecule has 1 nitrogen and oxygen atoms in total. The maximum Gasteiger partial charge on any atom is 0.0417 e. The van der Waals surface area contributed by atoms with E-state index in [0.29, 0.717) is 0 Å². The fraction of sp³-hybridized carbons (Fsp3) is 0.412. The molecule has 18 heavy (non-hydrogen) atoms. The van der Waals surface area contributed by atoms with Crippen LogP contribution in [0.1, 0.15) is 38.2 Å². The summed E-state index contributed by atoms with van der Waals surface area (Å²) in [5.41, 5.74) is 2.71. The van der Waals surface area contributed by atoms with E-state index in [1.807, 2.05) is 7.05 Å². The molecule has 0 radical (unpaired) electrons. The summed E-state index contributed by atoms with van der Waals surface area (Å²) in [6, 6.07) is 13.2. The second kappa shape index (κ2) is 6.44. The van der Waals surface area contributed by atoms with E-state index in [0.717, 1.165) is 0 Å². The molecule has 0 saturated carbocycles. The molecule has 0 spiro atoms. The van der Waals surface area contributed by atoms with Gasteiger partial charge in [0, 0.05) is 18.1 Å². The largest absolute Gasteiger partial charge is 0.388 e. The summed E-state index contributed by atoms with van der Waals surface area (Å²) >= 11 is 0. The molecular formula is C17H23N. The minimum atomic E-state index is 1.20. The lowest BCUT2D eigenvalue weighted by molar-refractivity contribution is 0.668. The van der Waals surface area contributed by atoms with Gasteiger partial charge in [-0.3, -0.25) is 0 Å². The quantitative estimate of drug-likeness (QED) is 0.701. The number of benzene rings is 2. The fourth-order valence-corrected chi connectivity index (χ4v) is 2.54. The second-order valence-corrected chi connectivity index (χ2v) is 4.88. The lowest BCUT2D eigenvalue weighted by Crippen LogP contribution is -1.93. The van der Waals surface area contributed by atoms with E-state index < -0.39 is 0 Å². The van der Waals surface area contributed by atoms with Crippen LogP contribution in [0, 0.1) is 0 Å². The molecule has 0 aliphatic heterocycles. The molecule has 2 aromatic rings. The monoisotopic (exact) mass is 241 g/mol. The third kappa shape index (κ3) is 2.84. The molecule has 0 aromatic heterocycles. The summed E-state index contributed by atoms with van der Waals surface area (Å²) in [5, 5.41) is 6.02. The number of nitrogens with one attached hydrogen (secondary N) is 1. The van der Waals surface area contributed by atoms with Crippen LogP contribution in [0.4, 0.5) is 5.69 Å². The van der Waals surface area contributed by atoms with E-state index in [2.05, 4.69) is 48.6 Å². The van der Waals surface area contributed by atoms with Crippen LogP contribution in [0.5, 0.6) is 0 Å². The highest BCUT2D eigenvalue weighted by atomic mass is 14.8. The van der Waals surface area contributed by atoms with Crippen molar-refractivity contribution in [1.29, 1.82) is 0 Å². The average Bonchev–Trinajstić information content (AvgIpc) is 2.43. The Kier molecular flexibility index (Phi) is 4.63. The van der Waals surface area contributed by atoms with Crippen molar-refractivity contribution in [2.24, 2.45) is 0 Å². The van der Waals surface area contributed by atoms with Crippen molar-refractivity contribution in [3.63, 3.8) is 0 Å². The highest BCUT2D eigenvalue weighted by Crippen LogP contribution is 2.27. The summed E-state index contributed by atoms with van der Waals surface area (Å²) in [7, 11) is 1.99.